The Hall–Kier alpha value is -1.81. The van der Waals surface area contributed by atoms with E-state index in [2.05, 4.69) is 29.4 Å². The van der Waals surface area contributed by atoms with Crippen molar-refractivity contribution in [2.45, 2.75) is 26.8 Å². The van der Waals surface area contributed by atoms with Gasteiger partial charge in [-0.2, -0.15) is 5.10 Å². The van der Waals surface area contributed by atoms with Crippen LogP contribution in [0.3, 0.4) is 0 Å². The summed E-state index contributed by atoms with van der Waals surface area (Å²) in [5, 5.41) is 10.4. The molecule has 1 aromatic carbocycles. The van der Waals surface area contributed by atoms with Crippen LogP contribution in [0.4, 0.5) is 0 Å². The fourth-order valence-corrected chi connectivity index (χ4v) is 2.16. The smallest absolute Gasteiger partial charge is 0.272 e. The lowest BCUT2D eigenvalue weighted by Gasteiger charge is -2.03. The van der Waals surface area contributed by atoms with Crippen molar-refractivity contribution in [1.82, 2.24) is 15.5 Å². The molecule has 1 aromatic heterocycles. The molecular formula is C15H18ClN3O. The number of H-pyrrole nitrogens is 1. The van der Waals surface area contributed by atoms with E-state index in [0.717, 1.165) is 17.7 Å². The molecule has 5 heteroatoms. The highest BCUT2D eigenvalue weighted by Gasteiger charge is 2.10. The highest BCUT2D eigenvalue weighted by Crippen LogP contribution is 2.11. The van der Waals surface area contributed by atoms with E-state index in [-0.39, 0.29) is 5.91 Å². The van der Waals surface area contributed by atoms with Gasteiger partial charge in [0.15, 0.2) is 0 Å². The highest BCUT2D eigenvalue weighted by atomic mass is 35.5. The molecule has 0 saturated carbocycles. The van der Waals surface area contributed by atoms with Crippen LogP contribution >= 0.6 is 11.6 Å². The van der Waals surface area contributed by atoms with Gasteiger partial charge < -0.3 is 5.32 Å². The molecule has 1 heterocycles. The SMILES string of the molecule is CC(C)Cc1cc(C(=O)NCc2cccc(Cl)c2)n[nH]1. The first kappa shape index (κ1) is 14.6. The van der Waals surface area contributed by atoms with Crippen LogP contribution in [-0.2, 0) is 13.0 Å². The zero-order valence-corrected chi connectivity index (χ0v) is 12.4. The highest BCUT2D eigenvalue weighted by molar-refractivity contribution is 6.30. The Morgan fingerprint density at radius 3 is 2.90 bits per heavy atom. The fraction of sp³-hybridized carbons (Fsp3) is 0.333. The number of amides is 1. The number of halogens is 1. The number of nitrogens with zero attached hydrogens (tertiary/aromatic N) is 1. The maximum atomic E-state index is 12.0. The fourth-order valence-electron chi connectivity index (χ4n) is 1.94. The monoisotopic (exact) mass is 291 g/mol. The van der Waals surface area contributed by atoms with E-state index in [1.165, 1.54) is 0 Å². The van der Waals surface area contributed by atoms with Crippen molar-refractivity contribution >= 4 is 17.5 Å². The zero-order chi connectivity index (χ0) is 14.5. The predicted molar refractivity (Wildman–Crippen MR) is 79.8 cm³/mol. The zero-order valence-electron chi connectivity index (χ0n) is 11.6. The molecule has 0 bridgehead atoms. The molecule has 106 valence electrons. The number of aromatic nitrogens is 2. The average Bonchev–Trinajstić information content (AvgIpc) is 2.84. The normalized spacial score (nSPS) is 10.8. The number of carbonyl (C=O) groups is 1. The molecule has 0 aliphatic carbocycles. The van der Waals surface area contributed by atoms with Crippen molar-refractivity contribution in [2.75, 3.05) is 0 Å². The number of hydrogen-bond donors (Lipinski definition) is 2. The molecule has 0 aliphatic heterocycles. The van der Waals surface area contributed by atoms with Crippen LogP contribution in [0, 0.1) is 5.92 Å². The minimum absolute atomic E-state index is 0.184. The minimum atomic E-state index is -0.184. The van der Waals surface area contributed by atoms with Crippen LogP contribution in [0.2, 0.25) is 5.02 Å². The summed E-state index contributed by atoms with van der Waals surface area (Å²) in [7, 11) is 0. The summed E-state index contributed by atoms with van der Waals surface area (Å²) in [6.45, 7) is 4.69. The molecule has 2 rings (SSSR count). The van der Waals surface area contributed by atoms with E-state index in [0.29, 0.717) is 23.2 Å². The molecule has 2 N–H and O–H groups in total. The quantitative estimate of drug-likeness (QED) is 0.889. The maximum absolute atomic E-state index is 12.0. The summed E-state index contributed by atoms with van der Waals surface area (Å²) in [5.74, 6) is 0.342. The lowest BCUT2D eigenvalue weighted by Crippen LogP contribution is -2.23. The molecule has 0 spiro atoms. The first-order valence-corrected chi connectivity index (χ1v) is 6.99. The van der Waals surface area contributed by atoms with Gasteiger partial charge in [0.25, 0.3) is 5.91 Å². The van der Waals surface area contributed by atoms with Crippen LogP contribution in [0.25, 0.3) is 0 Å². The molecule has 0 saturated heterocycles. The molecule has 2 aromatic rings. The lowest BCUT2D eigenvalue weighted by atomic mass is 10.1. The van der Waals surface area contributed by atoms with Crippen molar-refractivity contribution in [3.8, 4) is 0 Å². The Morgan fingerprint density at radius 1 is 1.40 bits per heavy atom. The lowest BCUT2D eigenvalue weighted by molar-refractivity contribution is 0.0946. The van der Waals surface area contributed by atoms with Gasteiger partial charge in [-0.15, -0.1) is 0 Å². The van der Waals surface area contributed by atoms with Gasteiger partial charge in [-0.05, 0) is 36.1 Å². The van der Waals surface area contributed by atoms with Crippen molar-refractivity contribution < 1.29 is 4.79 Å². The predicted octanol–water partition coefficient (Wildman–Crippen LogP) is 3.19. The van der Waals surface area contributed by atoms with Crippen LogP contribution in [-0.4, -0.2) is 16.1 Å². The van der Waals surface area contributed by atoms with Gasteiger partial charge in [0.05, 0.1) is 0 Å². The van der Waals surface area contributed by atoms with Gasteiger partial charge in [0.1, 0.15) is 5.69 Å². The molecule has 0 unspecified atom stereocenters. The van der Waals surface area contributed by atoms with E-state index in [4.69, 9.17) is 11.6 Å². The molecule has 0 atom stereocenters. The number of rotatable bonds is 5. The maximum Gasteiger partial charge on any atom is 0.272 e. The van der Waals surface area contributed by atoms with Gasteiger partial charge >= 0.3 is 0 Å². The Labute approximate surface area is 123 Å². The van der Waals surface area contributed by atoms with Crippen molar-refractivity contribution in [1.29, 1.82) is 0 Å². The third-order valence-electron chi connectivity index (χ3n) is 2.83. The average molecular weight is 292 g/mol. The molecule has 20 heavy (non-hydrogen) atoms. The van der Waals surface area contributed by atoms with E-state index in [1.807, 2.05) is 18.2 Å². The molecular weight excluding hydrogens is 274 g/mol. The minimum Gasteiger partial charge on any atom is -0.347 e. The molecule has 0 radical (unpaired) electrons. The summed E-state index contributed by atoms with van der Waals surface area (Å²) in [6, 6.07) is 9.21. The topological polar surface area (TPSA) is 57.8 Å². The van der Waals surface area contributed by atoms with Crippen LogP contribution in [0.1, 0.15) is 35.6 Å². The third kappa shape index (κ3) is 4.10. The molecule has 1 amide bonds. The van der Waals surface area contributed by atoms with Gasteiger partial charge in [-0.25, -0.2) is 0 Å². The van der Waals surface area contributed by atoms with Crippen LogP contribution in [0.5, 0.6) is 0 Å². The van der Waals surface area contributed by atoms with Gasteiger partial charge in [-0.3, -0.25) is 9.89 Å². The number of benzene rings is 1. The first-order valence-electron chi connectivity index (χ1n) is 6.61. The number of hydrogen-bond acceptors (Lipinski definition) is 2. The van der Waals surface area contributed by atoms with E-state index < -0.39 is 0 Å². The summed E-state index contributed by atoms with van der Waals surface area (Å²) in [4.78, 5) is 12.0. The van der Waals surface area contributed by atoms with E-state index in [1.54, 1.807) is 12.1 Å². The molecule has 4 nitrogen and oxygen atoms in total. The Bertz CT molecular complexity index is 592. The Kier molecular flexibility index (Phi) is 4.79. The van der Waals surface area contributed by atoms with E-state index >= 15 is 0 Å². The second kappa shape index (κ2) is 6.57. The van der Waals surface area contributed by atoms with Gasteiger partial charge in [0.2, 0.25) is 0 Å². The number of nitrogens with one attached hydrogen (secondary N) is 2. The molecule has 0 aliphatic rings. The molecule has 0 fully saturated rings. The second-order valence-corrected chi connectivity index (χ2v) is 5.63. The van der Waals surface area contributed by atoms with Gasteiger partial charge in [0, 0.05) is 17.3 Å². The van der Waals surface area contributed by atoms with Crippen molar-refractivity contribution in [3.63, 3.8) is 0 Å². The van der Waals surface area contributed by atoms with Crippen LogP contribution in [0.15, 0.2) is 30.3 Å². The summed E-state index contributed by atoms with van der Waals surface area (Å²) >= 11 is 5.90. The van der Waals surface area contributed by atoms with Crippen molar-refractivity contribution in [2.24, 2.45) is 5.92 Å². The first-order chi connectivity index (χ1) is 9.54. The summed E-state index contributed by atoms with van der Waals surface area (Å²) in [5.41, 5.74) is 2.36. The van der Waals surface area contributed by atoms with E-state index in [9.17, 15) is 4.79 Å². The largest absolute Gasteiger partial charge is 0.347 e. The number of carbonyl (C=O) groups excluding carboxylic acids is 1. The second-order valence-electron chi connectivity index (χ2n) is 5.19. The van der Waals surface area contributed by atoms with Gasteiger partial charge in [-0.1, -0.05) is 37.6 Å². The standard InChI is InChI=1S/C15H18ClN3O/c1-10(2)6-13-8-14(19-18-13)15(20)17-9-11-4-3-5-12(16)7-11/h3-5,7-8,10H,6,9H2,1-2H3,(H,17,20)(H,18,19). The summed E-state index contributed by atoms with van der Waals surface area (Å²) < 4.78 is 0. The third-order valence-corrected chi connectivity index (χ3v) is 3.07. The van der Waals surface area contributed by atoms with Crippen molar-refractivity contribution in [3.05, 3.63) is 52.3 Å². The summed E-state index contributed by atoms with van der Waals surface area (Å²) in [6.07, 6.45) is 0.884. The Morgan fingerprint density at radius 2 is 2.20 bits per heavy atom. The Balaban J connectivity index is 1.93. The van der Waals surface area contributed by atoms with Crippen LogP contribution < -0.4 is 5.32 Å². The number of aromatic amines is 1.